The molecule has 0 aliphatic heterocycles. The molecule has 0 bridgehead atoms. The smallest absolute Gasteiger partial charge is 0.161 e. The number of ether oxygens (including phenoxy) is 2. The fourth-order valence-corrected chi connectivity index (χ4v) is 1.37. The van der Waals surface area contributed by atoms with Crippen LogP contribution in [0.4, 0.5) is 0 Å². The Kier molecular flexibility index (Phi) is 4.16. The SMILES string of the molecule is COc1cc(C)c(C=O)cc1OCC(C)(C)C. The molecule has 1 rings (SSSR count). The second kappa shape index (κ2) is 5.21. The van der Waals surface area contributed by atoms with Crippen molar-refractivity contribution in [1.82, 2.24) is 0 Å². The second-order valence-corrected chi connectivity index (χ2v) is 5.33. The summed E-state index contributed by atoms with van der Waals surface area (Å²) in [7, 11) is 1.60. The Morgan fingerprint density at radius 3 is 2.35 bits per heavy atom. The van der Waals surface area contributed by atoms with Crippen molar-refractivity contribution in [1.29, 1.82) is 0 Å². The first kappa shape index (κ1) is 13.6. The maximum Gasteiger partial charge on any atom is 0.161 e. The molecule has 0 fully saturated rings. The Morgan fingerprint density at radius 1 is 1.24 bits per heavy atom. The van der Waals surface area contributed by atoms with E-state index in [4.69, 9.17) is 9.47 Å². The summed E-state index contributed by atoms with van der Waals surface area (Å²) in [6.45, 7) is 8.72. The zero-order valence-electron chi connectivity index (χ0n) is 11.2. The topological polar surface area (TPSA) is 35.5 Å². The van der Waals surface area contributed by atoms with Gasteiger partial charge in [0.1, 0.15) is 6.29 Å². The highest BCUT2D eigenvalue weighted by molar-refractivity contribution is 5.79. The Hall–Kier alpha value is -1.51. The van der Waals surface area contributed by atoms with Crippen LogP contribution in [0.3, 0.4) is 0 Å². The lowest BCUT2D eigenvalue weighted by atomic mass is 9.98. The summed E-state index contributed by atoms with van der Waals surface area (Å²) in [5.41, 5.74) is 1.59. The number of hydrogen-bond donors (Lipinski definition) is 0. The van der Waals surface area contributed by atoms with Crippen molar-refractivity contribution in [3.8, 4) is 11.5 Å². The van der Waals surface area contributed by atoms with Crippen LogP contribution in [-0.4, -0.2) is 20.0 Å². The van der Waals surface area contributed by atoms with Crippen LogP contribution in [0.2, 0.25) is 0 Å². The molecule has 1 aromatic rings. The highest BCUT2D eigenvalue weighted by Crippen LogP contribution is 2.31. The molecule has 0 aliphatic carbocycles. The van der Waals surface area contributed by atoms with Gasteiger partial charge in [0.05, 0.1) is 13.7 Å². The minimum atomic E-state index is 0.0667. The number of methoxy groups -OCH3 is 1. The Labute approximate surface area is 103 Å². The van der Waals surface area contributed by atoms with E-state index in [1.165, 1.54) is 0 Å². The number of carbonyl (C=O) groups is 1. The number of benzene rings is 1. The van der Waals surface area contributed by atoms with E-state index in [0.29, 0.717) is 23.7 Å². The number of aldehydes is 1. The van der Waals surface area contributed by atoms with E-state index >= 15 is 0 Å². The zero-order valence-corrected chi connectivity index (χ0v) is 11.2. The van der Waals surface area contributed by atoms with Gasteiger partial charge in [0, 0.05) is 5.56 Å². The highest BCUT2D eigenvalue weighted by Gasteiger charge is 2.14. The van der Waals surface area contributed by atoms with E-state index in [-0.39, 0.29) is 5.41 Å². The third-order valence-electron chi connectivity index (χ3n) is 2.34. The van der Waals surface area contributed by atoms with Gasteiger partial charge < -0.3 is 9.47 Å². The molecule has 3 nitrogen and oxygen atoms in total. The van der Waals surface area contributed by atoms with Crippen molar-refractivity contribution in [2.24, 2.45) is 5.41 Å². The second-order valence-electron chi connectivity index (χ2n) is 5.33. The molecule has 0 atom stereocenters. The third kappa shape index (κ3) is 3.77. The summed E-state index contributed by atoms with van der Waals surface area (Å²) in [6.07, 6.45) is 0.832. The first-order valence-electron chi connectivity index (χ1n) is 5.64. The van der Waals surface area contributed by atoms with E-state index in [9.17, 15) is 4.79 Å². The van der Waals surface area contributed by atoms with Crippen LogP contribution in [0.5, 0.6) is 11.5 Å². The number of carbonyl (C=O) groups excluding carboxylic acids is 1. The van der Waals surface area contributed by atoms with Crippen LogP contribution in [0.25, 0.3) is 0 Å². The van der Waals surface area contributed by atoms with Crippen molar-refractivity contribution in [3.63, 3.8) is 0 Å². The van der Waals surface area contributed by atoms with Gasteiger partial charge in [-0.3, -0.25) is 4.79 Å². The van der Waals surface area contributed by atoms with Crippen LogP contribution in [-0.2, 0) is 0 Å². The number of rotatable bonds is 4. The predicted molar refractivity (Wildman–Crippen MR) is 68.1 cm³/mol. The van der Waals surface area contributed by atoms with Gasteiger partial charge in [-0.2, -0.15) is 0 Å². The molecule has 0 heterocycles. The first-order valence-corrected chi connectivity index (χ1v) is 5.64. The van der Waals surface area contributed by atoms with E-state index in [1.807, 2.05) is 13.0 Å². The molecule has 0 spiro atoms. The van der Waals surface area contributed by atoms with Crippen molar-refractivity contribution >= 4 is 6.29 Å². The summed E-state index contributed by atoms with van der Waals surface area (Å²) < 4.78 is 11.0. The molecule has 0 radical (unpaired) electrons. The highest BCUT2D eigenvalue weighted by atomic mass is 16.5. The van der Waals surface area contributed by atoms with Gasteiger partial charge >= 0.3 is 0 Å². The summed E-state index contributed by atoms with van der Waals surface area (Å²) in [4.78, 5) is 10.9. The van der Waals surface area contributed by atoms with Gasteiger partial charge in [-0.15, -0.1) is 0 Å². The van der Waals surface area contributed by atoms with E-state index in [2.05, 4.69) is 20.8 Å². The average molecular weight is 236 g/mol. The molecule has 1 aromatic carbocycles. The minimum Gasteiger partial charge on any atom is -0.493 e. The van der Waals surface area contributed by atoms with E-state index in [1.54, 1.807) is 13.2 Å². The van der Waals surface area contributed by atoms with Crippen LogP contribution < -0.4 is 9.47 Å². The molecule has 0 aliphatic rings. The lowest BCUT2D eigenvalue weighted by Gasteiger charge is -2.20. The van der Waals surface area contributed by atoms with Crippen LogP contribution >= 0.6 is 0 Å². The fraction of sp³-hybridized carbons (Fsp3) is 0.500. The molecule has 0 amide bonds. The lowest BCUT2D eigenvalue weighted by Crippen LogP contribution is -2.17. The predicted octanol–water partition coefficient (Wildman–Crippen LogP) is 3.24. The van der Waals surface area contributed by atoms with Crippen molar-refractivity contribution in [2.75, 3.05) is 13.7 Å². The minimum absolute atomic E-state index is 0.0667. The molecular weight excluding hydrogens is 216 g/mol. The van der Waals surface area contributed by atoms with Crippen LogP contribution in [0.15, 0.2) is 12.1 Å². The van der Waals surface area contributed by atoms with Gasteiger partial charge in [-0.25, -0.2) is 0 Å². The monoisotopic (exact) mass is 236 g/mol. The number of hydrogen-bond acceptors (Lipinski definition) is 3. The molecule has 0 aromatic heterocycles. The normalized spacial score (nSPS) is 11.1. The van der Waals surface area contributed by atoms with Gasteiger partial charge in [0.2, 0.25) is 0 Å². The van der Waals surface area contributed by atoms with Crippen molar-refractivity contribution in [3.05, 3.63) is 23.3 Å². The molecule has 94 valence electrons. The summed E-state index contributed by atoms with van der Waals surface area (Å²) in [5, 5.41) is 0. The standard InChI is InChI=1S/C14H20O3/c1-10-6-12(16-5)13(7-11(10)8-15)17-9-14(2,3)4/h6-8H,9H2,1-5H3. The maximum atomic E-state index is 10.9. The van der Waals surface area contributed by atoms with Crippen molar-refractivity contribution < 1.29 is 14.3 Å². The average Bonchev–Trinajstić information content (AvgIpc) is 2.25. The van der Waals surface area contributed by atoms with Gasteiger partial charge in [0.15, 0.2) is 11.5 Å². The van der Waals surface area contributed by atoms with E-state index in [0.717, 1.165) is 11.8 Å². The molecule has 0 N–H and O–H groups in total. The molecule has 17 heavy (non-hydrogen) atoms. The first-order chi connectivity index (χ1) is 7.87. The Balaban J connectivity index is 3.00. The molecule has 0 saturated heterocycles. The quantitative estimate of drug-likeness (QED) is 0.753. The van der Waals surface area contributed by atoms with E-state index < -0.39 is 0 Å². The Morgan fingerprint density at radius 2 is 1.88 bits per heavy atom. The lowest BCUT2D eigenvalue weighted by molar-refractivity contribution is 0.112. The zero-order chi connectivity index (χ0) is 13.1. The maximum absolute atomic E-state index is 10.9. The van der Waals surface area contributed by atoms with Crippen molar-refractivity contribution in [2.45, 2.75) is 27.7 Å². The molecule has 0 unspecified atom stereocenters. The fourth-order valence-electron chi connectivity index (χ4n) is 1.37. The molecule has 0 saturated carbocycles. The van der Waals surface area contributed by atoms with Gasteiger partial charge in [-0.05, 0) is 30.0 Å². The van der Waals surface area contributed by atoms with Gasteiger partial charge in [0.25, 0.3) is 0 Å². The van der Waals surface area contributed by atoms with Crippen LogP contribution in [0.1, 0.15) is 36.7 Å². The van der Waals surface area contributed by atoms with Gasteiger partial charge in [-0.1, -0.05) is 20.8 Å². The van der Waals surface area contributed by atoms with Crippen LogP contribution in [0, 0.1) is 12.3 Å². The largest absolute Gasteiger partial charge is 0.493 e. The Bertz CT molecular complexity index is 403. The number of aryl methyl sites for hydroxylation is 1. The summed E-state index contributed by atoms with van der Waals surface area (Å²) in [6, 6.07) is 3.55. The summed E-state index contributed by atoms with van der Waals surface area (Å²) in [5.74, 6) is 1.28. The summed E-state index contributed by atoms with van der Waals surface area (Å²) >= 11 is 0. The molecule has 3 heteroatoms. The molecular formula is C14H20O3. The third-order valence-corrected chi connectivity index (χ3v) is 2.34.